The lowest BCUT2D eigenvalue weighted by molar-refractivity contribution is -0.129. The summed E-state index contributed by atoms with van der Waals surface area (Å²) >= 11 is 0. The average molecular weight is 501 g/mol. The Hall–Kier alpha value is -3.06. The number of methoxy groups -OCH3 is 1. The monoisotopic (exact) mass is 500 g/mol. The average Bonchev–Trinajstić information content (AvgIpc) is 2.84. The number of carbonyl (C=O) groups excluding carboxylic acids is 1. The van der Waals surface area contributed by atoms with E-state index in [1.807, 2.05) is 31.2 Å². The summed E-state index contributed by atoms with van der Waals surface area (Å²) in [6.45, 7) is 5.14. The van der Waals surface area contributed by atoms with Gasteiger partial charge in [0.25, 0.3) is 0 Å². The highest BCUT2D eigenvalue weighted by molar-refractivity contribution is 7.89. The van der Waals surface area contributed by atoms with Gasteiger partial charge in [-0.25, -0.2) is 8.42 Å². The van der Waals surface area contributed by atoms with Crippen molar-refractivity contribution < 1.29 is 27.8 Å². The second-order valence-corrected chi connectivity index (χ2v) is 10.6. The second-order valence-electron chi connectivity index (χ2n) is 8.78. The Bertz CT molecular complexity index is 1220. The lowest BCUT2D eigenvalue weighted by Crippen LogP contribution is -2.50. The van der Waals surface area contributed by atoms with Crippen molar-refractivity contribution in [3.05, 3.63) is 53.6 Å². The quantitative estimate of drug-likeness (QED) is 0.633. The smallest absolute Gasteiger partial charge is 0.247 e. The van der Waals surface area contributed by atoms with Crippen molar-refractivity contribution in [1.29, 1.82) is 0 Å². The van der Waals surface area contributed by atoms with Crippen molar-refractivity contribution in [3.8, 4) is 23.3 Å². The molecule has 1 aliphatic heterocycles. The van der Waals surface area contributed by atoms with Gasteiger partial charge >= 0.3 is 0 Å². The van der Waals surface area contributed by atoms with Gasteiger partial charge in [-0.05, 0) is 49.4 Å². The van der Waals surface area contributed by atoms with E-state index < -0.39 is 22.2 Å². The van der Waals surface area contributed by atoms with Crippen molar-refractivity contribution >= 4 is 15.9 Å². The summed E-state index contributed by atoms with van der Waals surface area (Å²) in [6.07, 6.45) is -0.462. The molecule has 3 rings (SSSR count). The molecule has 0 bridgehead atoms. The van der Waals surface area contributed by atoms with Crippen molar-refractivity contribution in [2.45, 2.75) is 37.8 Å². The Labute approximate surface area is 207 Å². The maximum absolute atomic E-state index is 13.5. The van der Waals surface area contributed by atoms with Crippen LogP contribution in [0.25, 0.3) is 0 Å². The molecule has 35 heavy (non-hydrogen) atoms. The molecular weight excluding hydrogens is 468 g/mol. The lowest BCUT2D eigenvalue weighted by Gasteiger charge is -2.37. The fourth-order valence-corrected chi connectivity index (χ4v) is 5.56. The standard InChI is InChI=1S/C26H32N2O6S/c1-18-15-28(19(2)17-29)35(31,32)26-13-10-22(7-6-21-8-11-23(33-5)12-9-21)14-24(26)34-25(18)16-27(4)20(3)30/h8-14,18-19,25,29H,15-17H2,1-5H3/t18-,19+,25+/m1/s1. The normalized spacial score (nSPS) is 20.2. The number of benzene rings is 2. The van der Waals surface area contributed by atoms with Gasteiger partial charge in [0.1, 0.15) is 22.5 Å². The topological polar surface area (TPSA) is 96.4 Å². The van der Waals surface area contributed by atoms with E-state index in [-0.39, 0.29) is 35.6 Å². The van der Waals surface area contributed by atoms with Crippen LogP contribution >= 0.6 is 0 Å². The van der Waals surface area contributed by atoms with E-state index >= 15 is 0 Å². The maximum Gasteiger partial charge on any atom is 0.247 e. The van der Waals surface area contributed by atoms with E-state index in [1.54, 1.807) is 38.1 Å². The first-order valence-corrected chi connectivity index (χ1v) is 12.8. The summed E-state index contributed by atoms with van der Waals surface area (Å²) in [5.41, 5.74) is 1.37. The number of nitrogens with zero attached hydrogens (tertiary/aromatic N) is 2. The third-order valence-electron chi connectivity index (χ3n) is 6.10. The summed E-state index contributed by atoms with van der Waals surface area (Å²) in [7, 11) is -0.666. The number of likely N-dealkylation sites (N-methyl/N-ethyl adjacent to an activating group) is 1. The molecule has 1 amide bonds. The minimum atomic E-state index is -3.94. The number of carbonyl (C=O) groups is 1. The molecule has 3 atom stereocenters. The van der Waals surface area contributed by atoms with Crippen molar-refractivity contribution in [2.75, 3.05) is 33.9 Å². The minimum Gasteiger partial charge on any atom is -0.497 e. The predicted molar refractivity (Wildman–Crippen MR) is 133 cm³/mol. The zero-order valence-corrected chi connectivity index (χ0v) is 21.5. The molecule has 188 valence electrons. The SMILES string of the molecule is COc1ccc(C#Cc2ccc3c(c2)O[C@@H](CN(C)C(C)=O)[C@H](C)CN([C@@H](C)CO)S3(=O)=O)cc1. The highest BCUT2D eigenvalue weighted by Gasteiger charge is 2.38. The van der Waals surface area contributed by atoms with Crippen LogP contribution in [-0.2, 0) is 14.8 Å². The Morgan fingerprint density at radius 1 is 1.23 bits per heavy atom. The zero-order valence-electron chi connectivity index (χ0n) is 20.7. The second kappa shape index (κ2) is 11.1. The van der Waals surface area contributed by atoms with Crippen LogP contribution in [0.5, 0.6) is 11.5 Å². The van der Waals surface area contributed by atoms with E-state index in [1.165, 1.54) is 17.3 Å². The number of aliphatic hydroxyl groups excluding tert-OH is 1. The van der Waals surface area contributed by atoms with Crippen LogP contribution in [0, 0.1) is 17.8 Å². The molecule has 1 N–H and O–H groups in total. The number of hydrogen-bond acceptors (Lipinski definition) is 6. The van der Waals surface area contributed by atoms with E-state index in [9.17, 15) is 18.3 Å². The van der Waals surface area contributed by atoms with Crippen LogP contribution in [0.2, 0.25) is 0 Å². The highest BCUT2D eigenvalue weighted by atomic mass is 32.2. The van der Waals surface area contributed by atoms with Gasteiger partial charge in [-0.2, -0.15) is 4.31 Å². The molecule has 0 saturated carbocycles. The van der Waals surface area contributed by atoms with Crippen molar-refractivity contribution in [1.82, 2.24) is 9.21 Å². The fraction of sp³-hybridized carbons (Fsp3) is 0.423. The van der Waals surface area contributed by atoms with Crippen LogP contribution in [0.15, 0.2) is 47.4 Å². The summed E-state index contributed by atoms with van der Waals surface area (Å²) in [6, 6.07) is 11.4. The van der Waals surface area contributed by atoms with E-state index in [0.717, 1.165) is 11.3 Å². The van der Waals surface area contributed by atoms with Crippen molar-refractivity contribution in [2.24, 2.45) is 5.92 Å². The van der Waals surface area contributed by atoms with Crippen molar-refractivity contribution in [3.63, 3.8) is 0 Å². The van der Waals surface area contributed by atoms with E-state index in [4.69, 9.17) is 9.47 Å². The van der Waals surface area contributed by atoms with Crippen LogP contribution < -0.4 is 9.47 Å². The molecule has 0 aromatic heterocycles. The maximum atomic E-state index is 13.5. The molecule has 8 nitrogen and oxygen atoms in total. The van der Waals surface area contributed by atoms with Gasteiger partial charge in [0.15, 0.2) is 0 Å². The van der Waals surface area contributed by atoms with Gasteiger partial charge in [-0.15, -0.1) is 0 Å². The first-order valence-electron chi connectivity index (χ1n) is 11.4. The zero-order chi connectivity index (χ0) is 25.8. The van der Waals surface area contributed by atoms with E-state index in [0.29, 0.717) is 12.1 Å². The van der Waals surface area contributed by atoms with Crippen LogP contribution in [0.3, 0.4) is 0 Å². The van der Waals surface area contributed by atoms with Crippen LogP contribution in [-0.4, -0.2) is 74.6 Å². The number of rotatable bonds is 5. The molecule has 0 aliphatic carbocycles. The van der Waals surface area contributed by atoms with Gasteiger partial charge in [-0.3, -0.25) is 4.79 Å². The molecule has 0 saturated heterocycles. The Morgan fingerprint density at radius 3 is 2.46 bits per heavy atom. The molecule has 1 heterocycles. The van der Waals surface area contributed by atoms with E-state index in [2.05, 4.69) is 11.8 Å². The molecule has 0 radical (unpaired) electrons. The number of aliphatic hydroxyl groups is 1. The minimum absolute atomic E-state index is 0.00942. The predicted octanol–water partition coefficient (Wildman–Crippen LogP) is 2.34. The first kappa shape index (κ1) is 26.5. The first-order chi connectivity index (χ1) is 16.6. The number of sulfonamides is 1. The molecule has 0 fully saturated rings. The molecule has 2 aromatic rings. The number of hydrogen-bond donors (Lipinski definition) is 1. The molecule has 0 spiro atoms. The Kier molecular flexibility index (Phi) is 8.43. The summed E-state index contributed by atoms with van der Waals surface area (Å²) in [5, 5.41) is 9.74. The molecule has 1 aliphatic rings. The third-order valence-corrected chi connectivity index (χ3v) is 8.12. The largest absolute Gasteiger partial charge is 0.497 e. The third kappa shape index (κ3) is 6.14. The van der Waals surface area contributed by atoms with Crippen LogP contribution in [0.1, 0.15) is 31.9 Å². The van der Waals surface area contributed by atoms with Gasteiger partial charge in [0, 0.05) is 43.6 Å². The number of ether oxygens (including phenoxy) is 2. The summed E-state index contributed by atoms with van der Waals surface area (Å²) in [4.78, 5) is 13.4. The molecular formula is C26H32N2O6S. The highest BCUT2D eigenvalue weighted by Crippen LogP contribution is 2.34. The summed E-state index contributed by atoms with van der Waals surface area (Å²) in [5.74, 6) is 6.66. The van der Waals surface area contributed by atoms with Crippen LogP contribution in [0.4, 0.5) is 0 Å². The molecule has 2 aromatic carbocycles. The van der Waals surface area contributed by atoms with Gasteiger partial charge in [0.2, 0.25) is 15.9 Å². The lowest BCUT2D eigenvalue weighted by atomic mass is 10.0. The molecule has 9 heteroatoms. The van der Waals surface area contributed by atoms with Gasteiger partial charge in [-0.1, -0.05) is 18.8 Å². The fourth-order valence-electron chi connectivity index (χ4n) is 3.74. The Morgan fingerprint density at radius 2 is 1.86 bits per heavy atom. The number of amides is 1. The summed E-state index contributed by atoms with van der Waals surface area (Å²) < 4.78 is 39.8. The van der Waals surface area contributed by atoms with Gasteiger partial charge < -0.3 is 19.5 Å². The Balaban J connectivity index is 2.05. The van der Waals surface area contributed by atoms with Gasteiger partial charge in [0.05, 0.1) is 20.3 Å². The molecule has 0 unspecified atom stereocenters. The number of fused-ring (bicyclic) bond motifs is 1.